The van der Waals surface area contributed by atoms with Gasteiger partial charge in [0, 0.05) is 20.7 Å². The van der Waals surface area contributed by atoms with Crippen molar-refractivity contribution in [1.82, 2.24) is 4.31 Å². The van der Waals surface area contributed by atoms with Crippen molar-refractivity contribution >= 4 is 16.0 Å². The molecule has 0 amide bonds. The highest BCUT2D eigenvalue weighted by Gasteiger charge is 2.27. The van der Waals surface area contributed by atoms with Crippen LogP contribution in [0.1, 0.15) is 10.6 Å². The molecule has 108 valence electrons. The fraction of sp³-hybridized carbons (Fsp3) is 0.500. The molecule has 0 spiro atoms. The largest absolute Gasteiger partial charge is 0.475 e. The highest BCUT2D eigenvalue weighted by atomic mass is 32.2. The molecule has 1 heterocycles. The van der Waals surface area contributed by atoms with Gasteiger partial charge in [0.1, 0.15) is 0 Å². The van der Waals surface area contributed by atoms with Crippen LogP contribution in [0.25, 0.3) is 0 Å². The van der Waals surface area contributed by atoms with Crippen molar-refractivity contribution in [2.45, 2.75) is 11.2 Å². The van der Waals surface area contributed by atoms with Gasteiger partial charge in [0.05, 0.1) is 12.7 Å². The second-order valence-electron chi connectivity index (χ2n) is 3.82. The molecule has 1 aromatic heterocycles. The smallest absolute Gasteiger partial charge is 0.371 e. The first kappa shape index (κ1) is 15.6. The normalized spacial score (nSPS) is 13.7. The maximum absolute atomic E-state index is 12.0. The summed E-state index contributed by atoms with van der Waals surface area (Å²) in [5, 5.41) is 17.6. The van der Waals surface area contributed by atoms with Gasteiger partial charge < -0.3 is 19.4 Å². The SMILES string of the molecule is COCC(O)CN(C)S(=O)(=O)c1ccc(C(=O)O)o1. The Balaban J connectivity index is 2.87. The lowest BCUT2D eigenvalue weighted by Crippen LogP contribution is -2.36. The van der Waals surface area contributed by atoms with Gasteiger partial charge in [-0.25, -0.2) is 13.2 Å². The van der Waals surface area contributed by atoms with Gasteiger partial charge in [0.15, 0.2) is 0 Å². The van der Waals surface area contributed by atoms with Crippen LogP contribution in [0.5, 0.6) is 0 Å². The van der Waals surface area contributed by atoms with Gasteiger partial charge in [-0.1, -0.05) is 0 Å². The summed E-state index contributed by atoms with van der Waals surface area (Å²) < 4.78 is 34.3. The number of carbonyl (C=O) groups is 1. The second-order valence-corrected chi connectivity index (χ2v) is 5.79. The molecule has 1 unspecified atom stereocenters. The minimum absolute atomic E-state index is 0.0155. The number of sulfonamides is 1. The molecule has 19 heavy (non-hydrogen) atoms. The second kappa shape index (κ2) is 6.15. The Morgan fingerprint density at radius 3 is 2.63 bits per heavy atom. The van der Waals surface area contributed by atoms with Gasteiger partial charge in [0.25, 0.3) is 10.0 Å². The van der Waals surface area contributed by atoms with E-state index in [0.29, 0.717) is 0 Å². The number of carboxylic acid groups (broad SMARTS) is 1. The van der Waals surface area contributed by atoms with Crippen LogP contribution in [-0.4, -0.2) is 62.3 Å². The third-order valence-electron chi connectivity index (χ3n) is 2.28. The monoisotopic (exact) mass is 293 g/mol. The topological polar surface area (TPSA) is 117 Å². The zero-order chi connectivity index (χ0) is 14.6. The van der Waals surface area contributed by atoms with Crippen LogP contribution in [-0.2, 0) is 14.8 Å². The predicted octanol–water partition coefficient (Wildman–Crippen LogP) is -0.394. The molecule has 0 aliphatic rings. The zero-order valence-electron chi connectivity index (χ0n) is 10.4. The van der Waals surface area contributed by atoms with Crippen LogP contribution in [0, 0.1) is 0 Å². The number of hydrogen-bond donors (Lipinski definition) is 2. The first-order chi connectivity index (χ1) is 8.78. The summed E-state index contributed by atoms with van der Waals surface area (Å²) in [5.74, 6) is -1.83. The minimum Gasteiger partial charge on any atom is -0.475 e. The predicted molar refractivity (Wildman–Crippen MR) is 63.4 cm³/mol. The number of methoxy groups -OCH3 is 1. The number of likely N-dealkylation sites (N-methyl/N-ethyl adjacent to an activating group) is 1. The molecule has 9 heteroatoms. The van der Waals surface area contributed by atoms with Gasteiger partial charge in [-0.3, -0.25) is 0 Å². The number of aliphatic hydroxyl groups excluding tert-OH is 1. The first-order valence-corrected chi connectivity index (χ1v) is 6.69. The van der Waals surface area contributed by atoms with Crippen LogP contribution in [0.4, 0.5) is 0 Å². The van der Waals surface area contributed by atoms with Crippen molar-refractivity contribution in [2.24, 2.45) is 0 Å². The third-order valence-corrected chi connectivity index (χ3v) is 3.98. The maximum atomic E-state index is 12.0. The molecule has 1 aromatic rings. The van der Waals surface area contributed by atoms with Crippen molar-refractivity contribution in [3.63, 3.8) is 0 Å². The number of rotatable bonds is 7. The number of aromatic carboxylic acids is 1. The Labute approximate surface area is 110 Å². The van der Waals surface area contributed by atoms with Crippen molar-refractivity contribution < 1.29 is 32.6 Å². The maximum Gasteiger partial charge on any atom is 0.371 e. The van der Waals surface area contributed by atoms with E-state index in [9.17, 15) is 18.3 Å². The molecule has 0 saturated heterocycles. The fourth-order valence-corrected chi connectivity index (χ4v) is 2.48. The average molecular weight is 293 g/mol. The summed E-state index contributed by atoms with van der Waals surface area (Å²) in [6.07, 6.45) is -0.987. The molecule has 0 aromatic carbocycles. The molecular weight excluding hydrogens is 278 g/mol. The molecule has 8 nitrogen and oxygen atoms in total. The number of ether oxygens (including phenoxy) is 1. The molecule has 0 aliphatic heterocycles. The van der Waals surface area contributed by atoms with E-state index < -0.39 is 32.9 Å². The minimum atomic E-state index is -3.98. The van der Waals surface area contributed by atoms with E-state index in [-0.39, 0.29) is 13.2 Å². The Bertz CT molecular complexity index is 536. The van der Waals surface area contributed by atoms with Gasteiger partial charge in [-0.05, 0) is 12.1 Å². The van der Waals surface area contributed by atoms with Crippen molar-refractivity contribution in [3.8, 4) is 0 Å². The molecule has 1 rings (SSSR count). The highest BCUT2D eigenvalue weighted by Crippen LogP contribution is 2.18. The number of carboxylic acids is 1. The molecule has 2 N–H and O–H groups in total. The third kappa shape index (κ3) is 3.77. The molecular formula is C10H15NO7S. The van der Waals surface area contributed by atoms with Gasteiger partial charge >= 0.3 is 5.97 Å². The molecule has 0 fully saturated rings. The summed E-state index contributed by atoms with van der Waals surface area (Å²) in [6, 6.07) is 2.10. The van der Waals surface area contributed by atoms with Gasteiger partial charge in [0.2, 0.25) is 10.9 Å². The Hall–Kier alpha value is -1.42. The number of aliphatic hydroxyl groups is 1. The first-order valence-electron chi connectivity index (χ1n) is 5.25. The van der Waals surface area contributed by atoms with E-state index in [1.165, 1.54) is 14.2 Å². The van der Waals surface area contributed by atoms with E-state index in [0.717, 1.165) is 16.4 Å². The lowest BCUT2D eigenvalue weighted by Gasteiger charge is -2.18. The van der Waals surface area contributed by atoms with Crippen molar-refractivity contribution in [3.05, 3.63) is 17.9 Å². The van der Waals surface area contributed by atoms with Crippen LogP contribution >= 0.6 is 0 Å². The van der Waals surface area contributed by atoms with Gasteiger partial charge in [-0.15, -0.1) is 0 Å². The molecule has 1 atom stereocenters. The van der Waals surface area contributed by atoms with Crippen LogP contribution in [0.15, 0.2) is 21.6 Å². The lowest BCUT2D eigenvalue weighted by molar-refractivity contribution is 0.0551. The summed E-state index contributed by atoms with van der Waals surface area (Å²) in [5.41, 5.74) is 0. The Morgan fingerprint density at radius 2 is 2.16 bits per heavy atom. The molecule has 0 aliphatic carbocycles. The van der Waals surface area contributed by atoms with E-state index in [1.54, 1.807) is 0 Å². The summed E-state index contributed by atoms with van der Waals surface area (Å²) >= 11 is 0. The fourth-order valence-electron chi connectivity index (χ4n) is 1.37. The van der Waals surface area contributed by atoms with Crippen LogP contribution in [0.3, 0.4) is 0 Å². The van der Waals surface area contributed by atoms with Crippen LogP contribution in [0.2, 0.25) is 0 Å². The van der Waals surface area contributed by atoms with E-state index in [1.807, 2.05) is 0 Å². The highest BCUT2D eigenvalue weighted by molar-refractivity contribution is 7.89. The standard InChI is InChI=1S/C10H15NO7S/c1-11(5-7(12)6-17-2)19(15,16)9-4-3-8(18-9)10(13)14/h3-4,7,12H,5-6H2,1-2H3,(H,13,14). The zero-order valence-corrected chi connectivity index (χ0v) is 11.3. The Morgan fingerprint density at radius 1 is 1.53 bits per heavy atom. The van der Waals surface area contributed by atoms with Crippen LogP contribution < -0.4 is 0 Å². The van der Waals surface area contributed by atoms with E-state index in [2.05, 4.69) is 4.74 Å². The molecule has 0 radical (unpaired) electrons. The average Bonchev–Trinajstić information content (AvgIpc) is 2.78. The van der Waals surface area contributed by atoms with Crippen molar-refractivity contribution in [1.29, 1.82) is 0 Å². The molecule has 0 saturated carbocycles. The van der Waals surface area contributed by atoms with E-state index >= 15 is 0 Å². The summed E-state index contributed by atoms with van der Waals surface area (Å²) in [7, 11) is -1.35. The van der Waals surface area contributed by atoms with E-state index in [4.69, 9.17) is 9.52 Å². The van der Waals surface area contributed by atoms with Gasteiger partial charge in [-0.2, -0.15) is 4.31 Å². The lowest BCUT2D eigenvalue weighted by atomic mass is 10.4. The molecule has 0 bridgehead atoms. The summed E-state index contributed by atoms with van der Waals surface area (Å²) in [4.78, 5) is 10.6. The number of furan rings is 1. The quantitative estimate of drug-likeness (QED) is 0.702. The number of hydrogen-bond acceptors (Lipinski definition) is 6. The summed E-state index contributed by atoms with van der Waals surface area (Å²) in [6.45, 7) is -0.211. The van der Waals surface area contributed by atoms with Crippen molar-refractivity contribution in [2.75, 3.05) is 27.3 Å². The number of nitrogens with zero attached hydrogens (tertiary/aromatic N) is 1. The Kier molecular flexibility index (Phi) is 5.06.